The summed E-state index contributed by atoms with van der Waals surface area (Å²) in [6, 6.07) is 26.9. The van der Waals surface area contributed by atoms with Gasteiger partial charge in [-0.15, -0.1) is 0 Å². The molecule has 208 valence electrons. The highest BCUT2D eigenvalue weighted by molar-refractivity contribution is 8.18. The summed E-state index contributed by atoms with van der Waals surface area (Å²) in [7, 11) is 1.60. The second-order valence-electron chi connectivity index (χ2n) is 9.16. The Bertz CT molecular complexity index is 1660. The van der Waals surface area contributed by atoms with Crippen LogP contribution in [0.1, 0.15) is 35.3 Å². The predicted octanol–water partition coefficient (Wildman–Crippen LogP) is 7.23. The zero-order chi connectivity index (χ0) is 28.8. The first-order chi connectivity index (χ1) is 20.0. The lowest BCUT2D eigenvalue weighted by molar-refractivity contribution is -0.122. The molecule has 1 fully saturated rings. The number of nitrogens with zero attached hydrogens (tertiary/aromatic N) is 2. The van der Waals surface area contributed by atoms with Crippen molar-refractivity contribution in [2.24, 2.45) is 4.99 Å². The second kappa shape index (κ2) is 12.7. The number of thioether (sulfide) groups is 1. The zero-order valence-electron chi connectivity index (χ0n) is 23.1. The smallest absolute Gasteiger partial charge is 0.338 e. The van der Waals surface area contributed by atoms with Crippen molar-refractivity contribution in [1.82, 2.24) is 4.90 Å². The van der Waals surface area contributed by atoms with E-state index in [-0.39, 0.29) is 5.91 Å². The van der Waals surface area contributed by atoms with Crippen LogP contribution in [0.25, 0.3) is 16.8 Å². The molecular formula is C33H30N2O5S. The zero-order valence-corrected chi connectivity index (χ0v) is 23.9. The Kier molecular flexibility index (Phi) is 8.70. The number of amides is 1. The minimum Gasteiger partial charge on any atom is -0.493 e. The number of aliphatic imine (C=N–C) groups is 1. The SMILES string of the molecule is CCOC(=O)c1cccc(N=C2SC(=Cc3ccc(OCc4cccc5ccccc45)c(OC)c3)C(=O)N2CC)c1. The van der Waals surface area contributed by atoms with Gasteiger partial charge in [0.2, 0.25) is 0 Å². The van der Waals surface area contributed by atoms with Gasteiger partial charge in [-0.3, -0.25) is 9.69 Å². The van der Waals surface area contributed by atoms with Gasteiger partial charge >= 0.3 is 5.97 Å². The van der Waals surface area contributed by atoms with Crippen molar-refractivity contribution in [3.05, 3.63) is 107 Å². The summed E-state index contributed by atoms with van der Waals surface area (Å²) in [4.78, 5) is 32.2. The molecule has 0 radical (unpaired) electrons. The van der Waals surface area contributed by atoms with Crippen LogP contribution in [-0.4, -0.2) is 42.2 Å². The number of benzene rings is 4. The number of amidine groups is 1. The first-order valence-corrected chi connectivity index (χ1v) is 14.2. The molecule has 5 rings (SSSR count). The molecule has 41 heavy (non-hydrogen) atoms. The van der Waals surface area contributed by atoms with Gasteiger partial charge in [0.05, 0.1) is 29.9 Å². The minimum absolute atomic E-state index is 0.131. The van der Waals surface area contributed by atoms with Gasteiger partial charge in [-0.1, -0.05) is 54.6 Å². The maximum atomic E-state index is 13.2. The molecule has 0 aliphatic carbocycles. The Hall–Kier alpha value is -4.56. The second-order valence-corrected chi connectivity index (χ2v) is 10.2. The fourth-order valence-corrected chi connectivity index (χ4v) is 5.58. The van der Waals surface area contributed by atoms with Gasteiger partial charge in [-0.05, 0) is 83.9 Å². The summed E-state index contributed by atoms with van der Waals surface area (Å²) >= 11 is 1.29. The summed E-state index contributed by atoms with van der Waals surface area (Å²) in [5.41, 5.74) is 2.87. The number of esters is 1. The lowest BCUT2D eigenvalue weighted by Crippen LogP contribution is -2.28. The van der Waals surface area contributed by atoms with Crippen LogP contribution in [0, 0.1) is 0 Å². The Balaban J connectivity index is 1.35. The number of rotatable bonds is 9. The maximum absolute atomic E-state index is 13.2. The molecule has 4 aromatic rings. The van der Waals surface area contributed by atoms with E-state index < -0.39 is 5.97 Å². The molecule has 0 atom stereocenters. The van der Waals surface area contributed by atoms with Crippen molar-refractivity contribution in [3.8, 4) is 11.5 Å². The molecular weight excluding hydrogens is 536 g/mol. The Morgan fingerprint density at radius 3 is 2.56 bits per heavy atom. The first kappa shape index (κ1) is 28.0. The van der Waals surface area contributed by atoms with E-state index in [4.69, 9.17) is 14.2 Å². The Morgan fingerprint density at radius 1 is 0.951 bits per heavy atom. The number of hydrogen-bond donors (Lipinski definition) is 0. The highest BCUT2D eigenvalue weighted by Gasteiger charge is 2.32. The highest BCUT2D eigenvalue weighted by Crippen LogP contribution is 2.36. The van der Waals surface area contributed by atoms with Gasteiger partial charge in [0.25, 0.3) is 5.91 Å². The number of hydrogen-bond acceptors (Lipinski definition) is 7. The largest absolute Gasteiger partial charge is 0.493 e. The molecule has 1 aliphatic heterocycles. The molecule has 0 saturated carbocycles. The molecule has 7 nitrogen and oxygen atoms in total. The normalized spacial score (nSPS) is 15.1. The highest BCUT2D eigenvalue weighted by atomic mass is 32.2. The molecule has 0 unspecified atom stereocenters. The molecule has 0 aromatic heterocycles. The fourth-order valence-electron chi connectivity index (χ4n) is 4.52. The monoisotopic (exact) mass is 566 g/mol. The van der Waals surface area contributed by atoms with Crippen molar-refractivity contribution in [2.45, 2.75) is 20.5 Å². The average molecular weight is 567 g/mol. The lowest BCUT2D eigenvalue weighted by atomic mass is 10.1. The third kappa shape index (κ3) is 6.28. The maximum Gasteiger partial charge on any atom is 0.338 e. The summed E-state index contributed by atoms with van der Waals surface area (Å²) < 4.78 is 16.9. The Labute approximate surface area is 243 Å². The van der Waals surface area contributed by atoms with E-state index in [9.17, 15) is 9.59 Å². The third-order valence-electron chi connectivity index (χ3n) is 6.53. The summed E-state index contributed by atoms with van der Waals surface area (Å²) in [6.07, 6.45) is 1.82. The Morgan fingerprint density at radius 2 is 1.76 bits per heavy atom. The van der Waals surface area contributed by atoms with E-state index in [1.54, 1.807) is 43.2 Å². The topological polar surface area (TPSA) is 77.4 Å². The van der Waals surface area contributed by atoms with E-state index in [2.05, 4.69) is 29.3 Å². The number of carbonyl (C=O) groups is 2. The van der Waals surface area contributed by atoms with Gasteiger partial charge in [0.15, 0.2) is 16.7 Å². The molecule has 4 aromatic carbocycles. The number of fused-ring (bicyclic) bond motifs is 1. The van der Waals surface area contributed by atoms with Crippen LogP contribution in [0.4, 0.5) is 5.69 Å². The number of likely N-dealkylation sites (N-methyl/N-ethyl adjacent to an activating group) is 1. The molecule has 0 spiro atoms. The van der Waals surface area contributed by atoms with Gasteiger partial charge in [0, 0.05) is 6.54 Å². The first-order valence-electron chi connectivity index (χ1n) is 13.4. The lowest BCUT2D eigenvalue weighted by Gasteiger charge is -2.13. The third-order valence-corrected chi connectivity index (χ3v) is 7.54. The number of methoxy groups -OCH3 is 1. The van der Waals surface area contributed by atoms with Crippen molar-refractivity contribution < 1.29 is 23.8 Å². The van der Waals surface area contributed by atoms with Crippen molar-refractivity contribution >= 4 is 51.3 Å². The van der Waals surface area contributed by atoms with E-state index >= 15 is 0 Å². The van der Waals surface area contributed by atoms with E-state index in [0.29, 0.717) is 52.6 Å². The predicted molar refractivity (Wildman–Crippen MR) is 164 cm³/mol. The van der Waals surface area contributed by atoms with Crippen LogP contribution in [0.15, 0.2) is 94.8 Å². The minimum atomic E-state index is -0.406. The molecule has 0 N–H and O–H groups in total. The number of ether oxygens (including phenoxy) is 3. The summed E-state index contributed by atoms with van der Waals surface area (Å²) in [5.74, 6) is 0.656. The van der Waals surface area contributed by atoms with Crippen LogP contribution in [0.5, 0.6) is 11.5 Å². The molecule has 1 aliphatic rings. The van der Waals surface area contributed by atoms with Gasteiger partial charge < -0.3 is 14.2 Å². The molecule has 1 saturated heterocycles. The molecule has 0 bridgehead atoms. The van der Waals surface area contributed by atoms with Crippen molar-refractivity contribution in [2.75, 3.05) is 20.3 Å². The fraction of sp³-hybridized carbons (Fsp3) is 0.182. The van der Waals surface area contributed by atoms with E-state index in [0.717, 1.165) is 21.9 Å². The molecule has 8 heteroatoms. The van der Waals surface area contributed by atoms with Gasteiger partial charge in [-0.2, -0.15) is 0 Å². The van der Waals surface area contributed by atoms with Crippen molar-refractivity contribution in [3.63, 3.8) is 0 Å². The number of carbonyl (C=O) groups excluding carboxylic acids is 2. The van der Waals surface area contributed by atoms with E-state index in [1.165, 1.54) is 11.8 Å². The quantitative estimate of drug-likeness (QED) is 0.157. The summed E-state index contributed by atoms with van der Waals surface area (Å²) in [5, 5.41) is 2.86. The average Bonchev–Trinajstić information content (AvgIpc) is 3.29. The van der Waals surface area contributed by atoms with Gasteiger partial charge in [0.1, 0.15) is 6.61 Å². The van der Waals surface area contributed by atoms with E-state index in [1.807, 2.05) is 49.4 Å². The molecule has 1 amide bonds. The molecule has 1 heterocycles. The van der Waals surface area contributed by atoms with Crippen LogP contribution in [0.3, 0.4) is 0 Å². The van der Waals surface area contributed by atoms with Crippen molar-refractivity contribution in [1.29, 1.82) is 0 Å². The van der Waals surface area contributed by atoms with Crippen LogP contribution >= 0.6 is 11.8 Å². The van der Waals surface area contributed by atoms with Crippen LogP contribution < -0.4 is 9.47 Å². The van der Waals surface area contributed by atoms with Crippen LogP contribution in [-0.2, 0) is 16.1 Å². The van der Waals surface area contributed by atoms with Gasteiger partial charge in [-0.25, -0.2) is 9.79 Å². The van der Waals surface area contributed by atoms with Crippen LogP contribution in [0.2, 0.25) is 0 Å². The standard InChI is InChI=1S/C33H30N2O5S/c1-4-35-31(36)30(41-33(35)34-26-14-9-12-24(20-26)32(37)39-5-2)19-22-16-17-28(29(18-22)38-3)40-21-25-13-8-11-23-10-6-7-15-27(23)25/h6-20H,4-5,21H2,1-3H3. The summed E-state index contributed by atoms with van der Waals surface area (Å²) in [6.45, 7) is 4.82.